The summed E-state index contributed by atoms with van der Waals surface area (Å²) in [5, 5.41) is 0. The highest BCUT2D eigenvalue weighted by Crippen LogP contribution is 2.07. The van der Waals surface area contributed by atoms with Crippen molar-refractivity contribution < 1.29 is 24.6 Å². The summed E-state index contributed by atoms with van der Waals surface area (Å²) in [6.45, 7) is 4.16. The van der Waals surface area contributed by atoms with Gasteiger partial charge in [0.05, 0.1) is 0 Å². The summed E-state index contributed by atoms with van der Waals surface area (Å²) in [5.74, 6) is 0.895. The van der Waals surface area contributed by atoms with Gasteiger partial charge in [0.2, 0.25) is 0 Å². The Labute approximate surface area is 101 Å². The third-order valence-electron chi connectivity index (χ3n) is 1.36. The van der Waals surface area contributed by atoms with Gasteiger partial charge in [-0.25, -0.2) is 0 Å². The van der Waals surface area contributed by atoms with E-state index >= 15 is 0 Å². The number of allylic oxidation sites excluding steroid dienone is 2. The molecule has 1 aromatic carbocycles. The molecule has 0 unspecified atom stereocenters. The van der Waals surface area contributed by atoms with Crippen LogP contribution < -0.4 is 4.74 Å². The molecule has 6 heteroatoms. The number of hydrogen-bond acceptors (Lipinski definition) is 2. The molecule has 0 spiro atoms. The molecule has 0 saturated carbocycles. The molecule has 17 heavy (non-hydrogen) atoms. The number of para-hydroxylation sites is 1. The van der Waals surface area contributed by atoms with E-state index in [9.17, 15) is 0 Å². The van der Waals surface area contributed by atoms with Crippen LogP contribution in [0.1, 0.15) is 0 Å². The SMILES string of the molecule is C=CC=CCOc1ccccc1.O.O=[P+](O)O. The van der Waals surface area contributed by atoms with Crippen molar-refractivity contribution >= 4 is 8.25 Å². The normalized spacial score (nSPS) is 8.59. The summed E-state index contributed by atoms with van der Waals surface area (Å²) in [7, 11) is -2.87. The highest BCUT2D eigenvalue weighted by atomic mass is 31.1. The second-order valence-electron chi connectivity index (χ2n) is 2.54. The largest absolute Gasteiger partial charge is 0.692 e. The van der Waals surface area contributed by atoms with Gasteiger partial charge in [0.1, 0.15) is 12.4 Å². The fourth-order valence-corrected chi connectivity index (χ4v) is 0.813. The van der Waals surface area contributed by atoms with Gasteiger partial charge >= 0.3 is 8.25 Å². The fraction of sp³-hybridized carbons (Fsp3) is 0.0909. The van der Waals surface area contributed by atoms with E-state index in [1.165, 1.54) is 0 Å². The van der Waals surface area contributed by atoms with Crippen molar-refractivity contribution in [2.45, 2.75) is 0 Å². The third kappa shape index (κ3) is 14.5. The van der Waals surface area contributed by atoms with Gasteiger partial charge in [-0.1, -0.05) is 36.9 Å². The maximum Gasteiger partial charge on any atom is 0.692 e. The molecule has 0 radical (unpaired) electrons. The minimum Gasteiger partial charge on any atom is -0.490 e. The molecule has 1 aromatic rings. The van der Waals surface area contributed by atoms with E-state index in [4.69, 9.17) is 19.1 Å². The minimum absolute atomic E-state index is 0. The lowest BCUT2D eigenvalue weighted by atomic mass is 10.3. The van der Waals surface area contributed by atoms with Gasteiger partial charge in [-0.15, -0.1) is 9.79 Å². The second kappa shape index (κ2) is 12.5. The number of hydrogen-bond donors (Lipinski definition) is 2. The topological polar surface area (TPSA) is 98.3 Å². The number of rotatable bonds is 4. The summed E-state index contributed by atoms with van der Waals surface area (Å²) >= 11 is 0. The Morgan fingerprint density at radius 2 is 1.82 bits per heavy atom. The molecule has 1 rings (SSSR count). The lowest BCUT2D eigenvalue weighted by Gasteiger charge is -2.00. The van der Waals surface area contributed by atoms with Crippen molar-refractivity contribution in [3.63, 3.8) is 0 Å². The molecule has 0 aliphatic carbocycles. The number of benzene rings is 1. The Morgan fingerprint density at radius 1 is 1.29 bits per heavy atom. The van der Waals surface area contributed by atoms with Crippen molar-refractivity contribution in [1.82, 2.24) is 0 Å². The third-order valence-corrected chi connectivity index (χ3v) is 1.36. The van der Waals surface area contributed by atoms with Crippen LogP contribution in [-0.4, -0.2) is 21.9 Å². The van der Waals surface area contributed by atoms with Gasteiger partial charge in [0.25, 0.3) is 0 Å². The maximum absolute atomic E-state index is 8.70. The van der Waals surface area contributed by atoms with Crippen LogP contribution in [0.15, 0.2) is 55.1 Å². The van der Waals surface area contributed by atoms with Crippen LogP contribution in [0.25, 0.3) is 0 Å². The van der Waals surface area contributed by atoms with Crippen molar-refractivity contribution in [3.05, 3.63) is 55.1 Å². The van der Waals surface area contributed by atoms with E-state index in [2.05, 4.69) is 6.58 Å². The molecule has 0 aliphatic rings. The average molecular weight is 259 g/mol. The smallest absolute Gasteiger partial charge is 0.490 e. The standard InChI is InChI=1S/C11H12O.HO3P.H2O/c1-2-3-7-10-12-11-8-5-4-6-9-11;1-4(2)3;/h2-9H,1,10H2;(H-,1,2,3);1H2/p+1. The lowest BCUT2D eigenvalue weighted by Crippen LogP contribution is -1.91. The van der Waals surface area contributed by atoms with Crippen molar-refractivity contribution in [3.8, 4) is 5.75 Å². The van der Waals surface area contributed by atoms with Crippen LogP contribution in [0, 0.1) is 0 Å². The van der Waals surface area contributed by atoms with Crippen LogP contribution in [-0.2, 0) is 4.57 Å². The van der Waals surface area contributed by atoms with E-state index in [1.54, 1.807) is 6.08 Å². The first-order valence-electron chi connectivity index (χ1n) is 4.47. The molecule has 0 aromatic heterocycles. The fourth-order valence-electron chi connectivity index (χ4n) is 0.813. The molecule has 5 nitrogen and oxygen atoms in total. The molecule has 0 saturated heterocycles. The molecule has 0 bridgehead atoms. The van der Waals surface area contributed by atoms with E-state index in [-0.39, 0.29) is 5.48 Å². The van der Waals surface area contributed by atoms with E-state index in [1.807, 2.05) is 42.5 Å². The van der Waals surface area contributed by atoms with Crippen molar-refractivity contribution in [2.24, 2.45) is 0 Å². The van der Waals surface area contributed by atoms with Crippen LogP contribution >= 0.6 is 8.25 Å². The Kier molecular flexibility index (Phi) is 13.2. The van der Waals surface area contributed by atoms with Gasteiger partial charge in [-0.2, -0.15) is 0 Å². The second-order valence-corrected chi connectivity index (χ2v) is 3.05. The number of ether oxygens (including phenoxy) is 1. The molecule has 0 atom stereocenters. The molecule has 0 heterocycles. The zero-order chi connectivity index (χ0) is 12.2. The van der Waals surface area contributed by atoms with Gasteiger partial charge in [0, 0.05) is 4.57 Å². The zero-order valence-electron chi connectivity index (χ0n) is 9.19. The Balaban J connectivity index is 0. The molecular weight excluding hydrogens is 243 g/mol. The molecule has 0 aliphatic heterocycles. The van der Waals surface area contributed by atoms with Crippen molar-refractivity contribution in [1.29, 1.82) is 0 Å². The predicted octanol–water partition coefficient (Wildman–Crippen LogP) is 1.61. The summed E-state index contributed by atoms with van der Waals surface area (Å²) in [5.41, 5.74) is 0. The van der Waals surface area contributed by atoms with Gasteiger partial charge < -0.3 is 10.2 Å². The zero-order valence-corrected chi connectivity index (χ0v) is 10.1. The van der Waals surface area contributed by atoms with Crippen LogP contribution in [0.3, 0.4) is 0 Å². The summed E-state index contributed by atoms with van der Waals surface area (Å²) in [6, 6.07) is 9.73. The quantitative estimate of drug-likeness (QED) is 0.633. The summed E-state index contributed by atoms with van der Waals surface area (Å²) < 4.78 is 14.1. The Bertz CT molecular complexity index is 333. The highest BCUT2D eigenvalue weighted by Gasteiger charge is 1.93. The first kappa shape index (κ1) is 17.9. The average Bonchev–Trinajstić information content (AvgIpc) is 2.25. The van der Waals surface area contributed by atoms with E-state index in [0.717, 1.165) is 5.75 Å². The Hall–Kier alpha value is -1.52. The van der Waals surface area contributed by atoms with Crippen LogP contribution in [0.5, 0.6) is 5.75 Å². The molecule has 4 N–H and O–H groups in total. The predicted molar refractivity (Wildman–Crippen MR) is 66.9 cm³/mol. The van der Waals surface area contributed by atoms with Gasteiger partial charge in [-0.05, 0) is 18.2 Å². The first-order valence-corrected chi connectivity index (χ1v) is 5.63. The summed E-state index contributed by atoms with van der Waals surface area (Å²) in [4.78, 5) is 14.2. The van der Waals surface area contributed by atoms with Gasteiger partial charge in [-0.3, -0.25) is 0 Å². The monoisotopic (exact) mass is 259 g/mol. The lowest BCUT2D eigenvalue weighted by molar-refractivity contribution is 0.363. The van der Waals surface area contributed by atoms with Gasteiger partial charge in [0.15, 0.2) is 0 Å². The minimum atomic E-state index is -2.87. The van der Waals surface area contributed by atoms with Crippen molar-refractivity contribution in [2.75, 3.05) is 6.61 Å². The molecule has 94 valence electrons. The summed E-state index contributed by atoms with van der Waals surface area (Å²) in [6.07, 6.45) is 5.51. The molecule has 0 fully saturated rings. The Morgan fingerprint density at radius 3 is 2.29 bits per heavy atom. The van der Waals surface area contributed by atoms with Crippen LogP contribution in [0.2, 0.25) is 0 Å². The van der Waals surface area contributed by atoms with Crippen LogP contribution in [0.4, 0.5) is 0 Å². The molecular formula is C11H16O5P+. The molecule has 0 amide bonds. The first-order chi connectivity index (χ1) is 7.66. The highest BCUT2D eigenvalue weighted by molar-refractivity contribution is 7.30. The van der Waals surface area contributed by atoms with E-state index in [0.29, 0.717) is 6.61 Å². The maximum atomic E-state index is 8.70. The van der Waals surface area contributed by atoms with E-state index < -0.39 is 8.25 Å².